The van der Waals surface area contributed by atoms with Gasteiger partial charge in [-0.25, -0.2) is 16.8 Å². The van der Waals surface area contributed by atoms with Crippen LogP contribution in [0.1, 0.15) is 136 Å². The van der Waals surface area contributed by atoms with Crippen LogP contribution in [0.5, 0.6) is 0 Å². The maximum Gasteiger partial charge on any atom is 0.193 e. The lowest BCUT2D eigenvalue weighted by molar-refractivity contribution is -0.125. The van der Waals surface area contributed by atoms with Crippen molar-refractivity contribution in [2.45, 2.75) is 205 Å². The molecule has 76 heavy (non-hydrogen) atoms. The number of ketones is 2. The number of allylic oxidation sites excluding steroid dienone is 14. The van der Waals surface area contributed by atoms with Gasteiger partial charge in [0, 0.05) is 0 Å². The van der Waals surface area contributed by atoms with E-state index < -0.39 is 59.0 Å². The summed E-state index contributed by atoms with van der Waals surface area (Å²) in [6.45, 7) is 41.6. The minimum Gasteiger partial charge on any atom is -0.407 e. The molecule has 2 aliphatic rings. The Morgan fingerprint density at radius 1 is 0.579 bits per heavy atom. The Morgan fingerprint density at radius 2 is 0.882 bits per heavy atom. The fraction of sp³-hybridized carbons (Fsp3) is 0.500. The molecule has 2 aliphatic carbocycles. The van der Waals surface area contributed by atoms with Gasteiger partial charge in [0.2, 0.25) is 0 Å². The molecule has 0 fully saturated rings. The van der Waals surface area contributed by atoms with Crippen LogP contribution in [0.3, 0.4) is 0 Å². The number of Topliss-reactive ketones (excluding diaryl/α,β-unsaturated/α-hetero) is 2. The summed E-state index contributed by atoms with van der Waals surface area (Å²) >= 11 is 0. The van der Waals surface area contributed by atoms with E-state index in [0.29, 0.717) is 24.0 Å². The molecule has 0 saturated carbocycles. The van der Waals surface area contributed by atoms with Crippen LogP contribution in [-0.4, -0.2) is 67.7 Å². The van der Waals surface area contributed by atoms with E-state index in [-0.39, 0.29) is 55.1 Å². The monoisotopic (exact) mass is 1110 g/mol. The highest BCUT2D eigenvalue weighted by atomic mass is 32.2. The van der Waals surface area contributed by atoms with E-state index in [2.05, 4.69) is 95.4 Å². The normalized spacial score (nSPS) is 21.2. The quantitative estimate of drug-likeness (QED) is 0.0949. The zero-order chi connectivity index (χ0) is 57.6. The predicted octanol–water partition coefficient (Wildman–Crippen LogP) is 16.3. The van der Waals surface area contributed by atoms with E-state index in [1.165, 1.54) is 0 Å². The van der Waals surface area contributed by atoms with E-state index in [9.17, 15) is 26.4 Å². The molecular weight excluding hydrogens is 1020 g/mol. The Hall–Kier alpha value is -4.31. The standard InChI is InChI=1S/C64H92O8S2Si2/c1-45(39-53(73(67,68)51-31-23-21-24-32-51)41-47(3)35-37-55-49(5)59(65)57(43-63(55,13)14)71-75(17,18)61(7,8)9)29-27-28-30-46(2)40-54(74(69,70)52-33-25-22-26-34-52)42-48(4)36-38-56-50(6)60(66)58(44-64(56,15)16)72-76(19,20)62(10,11)12/h21-38,41-42,53-54,57-58H,39-40,43-44H2,1-20H3/b28-27+,37-35+,38-36+,45-29+,46-30+,47-41+,48-42+. The maximum absolute atomic E-state index is 14.3. The zero-order valence-corrected chi connectivity index (χ0v) is 53.4. The molecule has 8 nitrogen and oxygen atoms in total. The van der Waals surface area contributed by atoms with Gasteiger partial charge in [0.25, 0.3) is 0 Å². The predicted molar refractivity (Wildman–Crippen MR) is 323 cm³/mol. The SMILES string of the molecule is CC1=C(/C=C/C(C)=C/C(C/C(C)=C/C=C/C=C(\C)CC(/C=C(C)/C=C/C2=C(C)C(=O)C(O[Si](C)(C)C(C)(C)C)CC2(C)C)S(=O)(=O)c2ccccc2)S(=O)(=O)c2ccccc2)C(C)(C)CC(O[Si](C)(C)C(C)(C)C)C1=O. The lowest BCUT2D eigenvalue weighted by Gasteiger charge is -2.43. The van der Waals surface area contributed by atoms with Gasteiger partial charge in [-0.1, -0.05) is 189 Å². The summed E-state index contributed by atoms with van der Waals surface area (Å²) in [4.78, 5) is 28.1. The van der Waals surface area contributed by atoms with Gasteiger partial charge < -0.3 is 8.85 Å². The Kier molecular flexibility index (Phi) is 20.9. The van der Waals surface area contributed by atoms with Gasteiger partial charge in [0.15, 0.2) is 47.9 Å². The molecule has 0 radical (unpaired) electrons. The van der Waals surface area contributed by atoms with E-state index >= 15 is 0 Å². The van der Waals surface area contributed by atoms with Gasteiger partial charge in [-0.15, -0.1) is 0 Å². The average molecular weight is 1110 g/mol. The van der Waals surface area contributed by atoms with Crippen molar-refractivity contribution in [3.05, 3.63) is 166 Å². The smallest absolute Gasteiger partial charge is 0.193 e. The molecule has 4 unspecified atom stereocenters. The van der Waals surface area contributed by atoms with Crippen LogP contribution in [-0.2, 0) is 38.1 Å². The second-order valence-corrected chi connectivity index (χ2v) is 39.7. The molecule has 0 aromatic heterocycles. The van der Waals surface area contributed by atoms with Gasteiger partial charge in [0.05, 0.1) is 20.3 Å². The first-order valence-electron chi connectivity index (χ1n) is 26.9. The van der Waals surface area contributed by atoms with Crippen LogP contribution in [0.4, 0.5) is 0 Å². The van der Waals surface area contributed by atoms with Gasteiger partial charge in [-0.2, -0.15) is 0 Å². The number of carbonyl (C=O) groups is 2. The Bertz CT molecular complexity index is 2760. The molecule has 0 N–H and O–H groups in total. The molecule has 0 amide bonds. The van der Waals surface area contributed by atoms with Gasteiger partial charge in [-0.3, -0.25) is 9.59 Å². The van der Waals surface area contributed by atoms with Crippen LogP contribution in [0.25, 0.3) is 0 Å². The van der Waals surface area contributed by atoms with Gasteiger partial charge >= 0.3 is 0 Å². The lowest BCUT2D eigenvalue weighted by atomic mass is 9.71. The van der Waals surface area contributed by atoms with Crippen molar-refractivity contribution in [2.75, 3.05) is 0 Å². The fourth-order valence-corrected chi connectivity index (χ4v) is 15.5. The molecule has 0 bridgehead atoms. The molecule has 12 heteroatoms. The molecule has 2 aromatic carbocycles. The van der Waals surface area contributed by atoms with E-state index in [1.807, 2.05) is 90.2 Å². The second-order valence-electron chi connectivity index (χ2n) is 25.8. The van der Waals surface area contributed by atoms with Crippen LogP contribution < -0.4 is 0 Å². The molecule has 416 valence electrons. The first-order chi connectivity index (χ1) is 34.7. The Morgan fingerprint density at radius 3 is 1.17 bits per heavy atom. The molecule has 4 rings (SSSR count). The second kappa shape index (κ2) is 24.8. The van der Waals surface area contributed by atoms with E-state index in [4.69, 9.17) is 8.85 Å². The van der Waals surface area contributed by atoms with Crippen LogP contribution in [0.2, 0.25) is 36.3 Å². The first kappa shape index (κ1) is 64.2. The largest absolute Gasteiger partial charge is 0.407 e. The van der Waals surface area contributed by atoms with Crippen molar-refractivity contribution < 1.29 is 35.3 Å². The van der Waals surface area contributed by atoms with Crippen molar-refractivity contribution in [3.8, 4) is 0 Å². The summed E-state index contributed by atoms with van der Waals surface area (Å²) < 4.78 is 70.5. The average Bonchev–Trinajstić information content (AvgIpc) is 3.30. The summed E-state index contributed by atoms with van der Waals surface area (Å²) in [5, 5.41) is -1.82. The minimum absolute atomic E-state index is 0.00969. The van der Waals surface area contributed by atoms with Crippen molar-refractivity contribution in [1.82, 2.24) is 0 Å². The fourth-order valence-electron chi connectivity index (χ4n) is 9.48. The van der Waals surface area contributed by atoms with E-state index in [0.717, 1.165) is 33.4 Å². The summed E-state index contributed by atoms with van der Waals surface area (Å²) in [6.07, 6.45) is 19.5. The van der Waals surface area contributed by atoms with Gasteiger partial charge in [0.1, 0.15) is 12.2 Å². The Labute approximate surface area is 462 Å². The third kappa shape index (κ3) is 16.2. The molecule has 0 spiro atoms. The van der Waals surface area contributed by atoms with Crippen LogP contribution in [0, 0.1) is 10.8 Å². The van der Waals surface area contributed by atoms with Crippen LogP contribution in [0.15, 0.2) is 176 Å². The minimum atomic E-state index is -3.81. The molecular formula is C64H92O8S2Si2. The number of hydrogen-bond donors (Lipinski definition) is 0. The summed E-state index contributed by atoms with van der Waals surface area (Å²) in [5.74, 6) is 0.0194. The number of hydrogen-bond acceptors (Lipinski definition) is 8. The molecule has 0 saturated heterocycles. The highest BCUT2D eigenvalue weighted by Gasteiger charge is 2.47. The maximum atomic E-state index is 14.3. The Balaban J connectivity index is 1.61. The zero-order valence-electron chi connectivity index (χ0n) is 49.8. The highest BCUT2D eigenvalue weighted by molar-refractivity contribution is 7.92. The summed E-state index contributed by atoms with van der Waals surface area (Å²) in [6, 6.07) is 17.0. The van der Waals surface area contributed by atoms with Crippen molar-refractivity contribution in [2.24, 2.45) is 10.8 Å². The topological polar surface area (TPSA) is 121 Å². The summed E-state index contributed by atoms with van der Waals surface area (Å²) in [5.41, 5.74) is 5.70. The number of carbonyl (C=O) groups excluding carboxylic acids is 2. The first-order valence-corrected chi connectivity index (χ1v) is 35.8. The number of benzene rings is 2. The van der Waals surface area contributed by atoms with Crippen molar-refractivity contribution in [1.29, 1.82) is 0 Å². The lowest BCUT2D eigenvalue weighted by Crippen LogP contribution is -2.49. The van der Waals surface area contributed by atoms with Crippen LogP contribution >= 0.6 is 0 Å². The van der Waals surface area contributed by atoms with Crippen molar-refractivity contribution in [3.63, 3.8) is 0 Å². The number of rotatable bonds is 20. The molecule has 2 aromatic rings. The summed E-state index contributed by atoms with van der Waals surface area (Å²) in [7, 11) is -12.0. The molecule has 4 atom stereocenters. The number of sulfone groups is 2. The highest BCUT2D eigenvalue weighted by Crippen LogP contribution is 2.46. The third-order valence-corrected chi connectivity index (χ3v) is 29.3. The van der Waals surface area contributed by atoms with Gasteiger partial charge in [-0.05, 0) is 161 Å². The third-order valence-electron chi connectivity index (χ3n) is 16.3. The van der Waals surface area contributed by atoms with Crippen molar-refractivity contribution >= 4 is 47.9 Å². The molecule has 0 aliphatic heterocycles. The molecule has 0 heterocycles. The van der Waals surface area contributed by atoms with E-state index in [1.54, 1.807) is 72.8 Å².